The summed E-state index contributed by atoms with van der Waals surface area (Å²) in [5, 5.41) is 0. The van der Waals surface area contributed by atoms with Gasteiger partial charge < -0.3 is 4.81 Å². The molecule has 1 nitrogen and oxygen atoms in total. The summed E-state index contributed by atoms with van der Waals surface area (Å²) in [4.78, 5) is 1.89. The zero-order chi connectivity index (χ0) is 9.14. The molecule has 2 heteroatoms. The molecule has 0 aromatic heterocycles. The minimum absolute atomic E-state index is 0.639. The van der Waals surface area contributed by atoms with Crippen LogP contribution < -0.4 is 0 Å². The minimum atomic E-state index is 0.639. The van der Waals surface area contributed by atoms with E-state index in [9.17, 15) is 0 Å². The van der Waals surface area contributed by atoms with E-state index in [4.69, 9.17) is 7.98 Å². The van der Waals surface area contributed by atoms with Gasteiger partial charge in [0.2, 0.25) is 0 Å². The fraction of sp³-hybridized carbons (Fsp3) is 1.00. The Balaban J connectivity index is 2.30. The molecular formula is C10H20BN. The lowest BCUT2D eigenvalue weighted by Gasteiger charge is -2.34. The number of nitrogens with zero attached hydrogens (tertiary/aromatic N) is 1. The maximum atomic E-state index is 5.72. The summed E-state index contributed by atoms with van der Waals surface area (Å²) in [7, 11) is 7.71. The maximum absolute atomic E-state index is 5.72. The van der Waals surface area contributed by atoms with Crippen LogP contribution in [0.2, 0.25) is 0 Å². The van der Waals surface area contributed by atoms with Gasteiger partial charge in [-0.15, -0.1) is 0 Å². The van der Waals surface area contributed by atoms with E-state index in [-0.39, 0.29) is 0 Å². The molecule has 0 atom stereocenters. The van der Waals surface area contributed by atoms with Crippen LogP contribution in [0.1, 0.15) is 39.5 Å². The van der Waals surface area contributed by atoms with Gasteiger partial charge in [-0.2, -0.15) is 0 Å². The lowest BCUT2D eigenvalue weighted by molar-refractivity contribution is 0.204. The molecule has 12 heavy (non-hydrogen) atoms. The molecule has 0 amide bonds. The van der Waals surface area contributed by atoms with Gasteiger partial charge in [0, 0.05) is 0 Å². The molecular weight excluding hydrogens is 145 g/mol. The standard InChI is InChI=1S/C10H20BN/c1-8(2)9-4-6-10(7-5-9)12(3)11/h8-10H,4-7H2,1-3H3. The molecule has 0 saturated heterocycles. The normalized spacial score (nSPS) is 31.4. The Bertz CT molecular complexity index is 110. The number of rotatable bonds is 2. The Morgan fingerprint density at radius 2 is 1.67 bits per heavy atom. The zero-order valence-corrected chi connectivity index (χ0v) is 8.59. The second-order valence-corrected chi connectivity index (χ2v) is 4.48. The third kappa shape index (κ3) is 2.51. The molecule has 0 spiro atoms. The van der Waals surface area contributed by atoms with E-state index in [2.05, 4.69) is 13.8 Å². The molecule has 0 aromatic carbocycles. The first-order valence-electron chi connectivity index (χ1n) is 5.08. The van der Waals surface area contributed by atoms with E-state index >= 15 is 0 Å². The van der Waals surface area contributed by atoms with Gasteiger partial charge in [-0.1, -0.05) is 13.8 Å². The third-order valence-electron chi connectivity index (χ3n) is 3.26. The van der Waals surface area contributed by atoms with Gasteiger partial charge in [-0.05, 0) is 50.6 Å². The van der Waals surface area contributed by atoms with Gasteiger partial charge in [0.15, 0.2) is 7.98 Å². The molecule has 1 aliphatic rings. The van der Waals surface area contributed by atoms with Gasteiger partial charge in [-0.3, -0.25) is 0 Å². The van der Waals surface area contributed by atoms with E-state index in [1.807, 2.05) is 11.9 Å². The summed E-state index contributed by atoms with van der Waals surface area (Å²) in [6.07, 6.45) is 5.30. The maximum Gasteiger partial charge on any atom is 0.182 e. The Morgan fingerprint density at radius 3 is 2.00 bits per heavy atom. The van der Waals surface area contributed by atoms with Crippen molar-refractivity contribution in [2.45, 2.75) is 45.6 Å². The molecule has 68 valence electrons. The van der Waals surface area contributed by atoms with E-state index < -0.39 is 0 Å². The lowest BCUT2D eigenvalue weighted by atomic mass is 9.79. The highest BCUT2D eigenvalue weighted by molar-refractivity contribution is 6.04. The molecule has 0 unspecified atom stereocenters. The molecule has 1 rings (SSSR count). The highest BCUT2D eigenvalue weighted by Crippen LogP contribution is 2.31. The molecule has 0 heterocycles. The molecule has 1 fully saturated rings. The highest BCUT2D eigenvalue weighted by Gasteiger charge is 2.23. The average Bonchev–Trinajstić information content (AvgIpc) is 2.04. The molecule has 0 aliphatic heterocycles. The van der Waals surface area contributed by atoms with Crippen LogP contribution in [0.4, 0.5) is 0 Å². The van der Waals surface area contributed by atoms with Gasteiger partial charge in [-0.25, -0.2) is 0 Å². The highest BCUT2D eigenvalue weighted by atomic mass is 15.0. The fourth-order valence-corrected chi connectivity index (χ4v) is 2.18. The lowest BCUT2D eigenvalue weighted by Crippen LogP contribution is -2.34. The topological polar surface area (TPSA) is 3.24 Å². The number of hydrogen-bond acceptors (Lipinski definition) is 1. The van der Waals surface area contributed by atoms with Crippen molar-refractivity contribution in [3.8, 4) is 0 Å². The average molecular weight is 165 g/mol. The Kier molecular flexibility index (Phi) is 3.63. The van der Waals surface area contributed by atoms with Crippen LogP contribution >= 0.6 is 0 Å². The van der Waals surface area contributed by atoms with Crippen molar-refractivity contribution in [1.29, 1.82) is 0 Å². The summed E-state index contributed by atoms with van der Waals surface area (Å²) in [5.74, 6) is 1.80. The summed E-state index contributed by atoms with van der Waals surface area (Å²) in [6, 6.07) is 0.639. The predicted molar refractivity (Wildman–Crippen MR) is 54.1 cm³/mol. The van der Waals surface area contributed by atoms with Crippen LogP contribution in [0.3, 0.4) is 0 Å². The summed E-state index contributed by atoms with van der Waals surface area (Å²) >= 11 is 0. The largest absolute Gasteiger partial charge is 0.354 e. The molecule has 1 aliphatic carbocycles. The summed E-state index contributed by atoms with van der Waals surface area (Å²) in [5.41, 5.74) is 0. The van der Waals surface area contributed by atoms with Crippen LogP contribution in [-0.2, 0) is 0 Å². The van der Waals surface area contributed by atoms with Crippen LogP contribution in [0.5, 0.6) is 0 Å². The van der Waals surface area contributed by atoms with Gasteiger partial charge in [0.1, 0.15) is 0 Å². The van der Waals surface area contributed by atoms with Crippen molar-refractivity contribution in [2.75, 3.05) is 7.05 Å². The quantitative estimate of drug-likeness (QED) is 0.567. The first-order chi connectivity index (χ1) is 5.61. The van der Waals surface area contributed by atoms with Gasteiger partial charge >= 0.3 is 0 Å². The van der Waals surface area contributed by atoms with Crippen molar-refractivity contribution in [1.82, 2.24) is 4.81 Å². The van der Waals surface area contributed by atoms with Gasteiger partial charge in [0.05, 0.1) is 0 Å². The van der Waals surface area contributed by atoms with E-state index in [0.29, 0.717) is 6.04 Å². The second kappa shape index (κ2) is 4.31. The minimum Gasteiger partial charge on any atom is -0.354 e. The summed E-state index contributed by atoms with van der Waals surface area (Å²) < 4.78 is 0. The second-order valence-electron chi connectivity index (χ2n) is 4.48. The predicted octanol–water partition coefficient (Wildman–Crippen LogP) is 2.22. The summed E-state index contributed by atoms with van der Waals surface area (Å²) in [6.45, 7) is 4.66. The number of hydrogen-bond donors (Lipinski definition) is 0. The first kappa shape index (κ1) is 10.1. The molecule has 2 radical (unpaired) electrons. The van der Waals surface area contributed by atoms with Crippen molar-refractivity contribution in [3.05, 3.63) is 0 Å². The van der Waals surface area contributed by atoms with Crippen molar-refractivity contribution in [2.24, 2.45) is 11.8 Å². The third-order valence-corrected chi connectivity index (χ3v) is 3.26. The van der Waals surface area contributed by atoms with Crippen LogP contribution in [0.25, 0.3) is 0 Å². The van der Waals surface area contributed by atoms with Crippen molar-refractivity contribution in [3.63, 3.8) is 0 Å². The van der Waals surface area contributed by atoms with Gasteiger partial charge in [0.25, 0.3) is 0 Å². The fourth-order valence-electron chi connectivity index (χ4n) is 2.18. The monoisotopic (exact) mass is 165 g/mol. The Hall–Kier alpha value is 0.0249. The van der Waals surface area contributed by atoms with Crippen molar-refractivity contribution >= 4 is 7.98 Å². The van der Waals surface area contributed by atoms with E-state index in [0.717, 1.165) is 11.8 Å². The zero-order valence-electron chi connectivity index (χ0n) is 8.59. The van der Waals surface area contributed by atoms with E-state index in [1.165, 1.54) is 25.7 Å². The molecule has 0 N–H and O–H groups in total. The smallest absolute Gasteiger partial charge is 0.182 e. The SMILES string of the molecule is [B]N(C)C1CCC(C(C)C)CC1. The molecule has 1 saturated carbocycles. The van der Waals surface area contributed by atoms with Crippen molar-refractivity contribution < 1.29 is 0 Å². The van der Waals surface area contributed by atoms with Crippen LogP contribution in [0.15, 0.2) is 0 Å². The Morgan fingerprint density at radius 1 is 1.17 bits per heavy atom. The molecule has 0 bridgehead atoms. The van der Waals surface area contributed by atoms with E-state index in [1.54, 1.807) is 0 Å². The van der Waals surface area contributed by atoms with Crippen LogP contribution in [-0.4, -0.2) is 25.9 Å². The Labute approximate surface area is 78.0 Å². The first-order valence-corrected chi connectivity index (χ1v) is 5.08. The molecule has 0 aromatic rings. The van der Waals surface area contributed by atoms with Crippen LogP contribution in [0, 0.1) is 11.8 Å².